The van der Waals surface area contributed by atoms with E-state index < -0.39 is 23.7 Å². The SMILES string of the molecule is CCOC(=O)c1ccc(CNC(=O)c2nc(-c3cc(Cl)c4ncccc4c3)c(-c3ccn(C)n3)nc2N)nc1.CN1CCC(CNC(=O)c2nc(-c3cc(Cl)c4ncccc4c3)c(-c3ccn(C)n3)nc2N)CC1.Cn1ccc(-c2nc(N)c(C(=O)NCCN3CCCC3=O)nc2-c2cc(Cl)c3ncccc3c2)n1.Cn1ccc(CNC(=O)c2nc(-c3cc(Cl)c4ncccc4c3)c(-c3ccn(C)n3)nc2N)c1. The minimum atomic E-state index is -0.543. The number of rotatable bonds is 23. The predicted octanol–water partition coefficient (Wildman–Crippen LogP) is 13.5. The molecule has 43 heteroatoms. The molecule has 20 rings (SSSR count). The molecule has 0 aliphatic carbocycles. The van der Waals surface area contributed by atoms with E-state index in [-0.39, 0.29) is 77.6 Å². The molecule has 16 heterocycles. The molecule has 0 unspecified atom stereocenters. The molecule has 2 saturated heterocycles. The quantitative estimate of drug-likeness (QED) is 0.0276. The first kappa shape index (κ1) is 97.9. The van der Waals surface area contributed by atoms with Crippen molar-refractivity contribution >= 4 is 149 Å². The molecule has 14 aromatic heterocycles. The van der Waals surface area contributed by atoms with Crippen LogP contribution in [0.2, 0.25) is 20.1 Å². The van der Waals surface area contributed by atoms with Gasteiger partial charge in [0.05, 0.1) is 89.3 Å². The van der Waals surface area contributed by atoms with E-state index in [2.05, 4.69) is 113 Å². The van der Waals surface area contributed by atoms with Crippen molar-refractivity contribution in [3.05, 3.63) is 267 Å². The number of aromatic nitrogens is 22. The summed E-state index contributed by atoms with van der Waals surface area (Å²) in [7, 11) is 11.2. The Labute approximate surface area is 837 Å². The molecule has 2 aliphatic heterocycles. The molecular formula is C100H94Cl4N32O7. The van der Waals surface area contributed by atoms with Gasteiger partial charge in [-0.25, -0.2) is 44.7 Å². The van der Waals surface area contributed by atoms with E-state index in [1.165, 1.54) is 6.20 Å². The third kappa shape index (κ3) is 22.6. The van der Waals surface area contributed by atoms with Crippen LogP contribution in [0.1, 0.15) is 96.2 Å². The number of halogens is 4. The highest BCUT2D eigenvalue weighted by molar-refractivity contribution is 6.37. The lowest BCUT2D eigenvalue weighted by Crippen LogP contribution is -2.37. The van der Waals surface area contributed by atoms with Gasteiger partial charge in [0.1, 0.15) is 45.6 Å². The van der Waals surface area contributed by atoms with Crippen molar-refractivity contribution in [2.75, 3.05) is 75.9 Å². The van der Waals surface area contributed by atoms with Gasteiger partial charge < -0.3 is 63.3 Å². The zero-order valence-corrected chi connectivity index (χ0v) is 81.3. The topological polar surface area (TPSA) is 514 Å². The number of nitrogens with two attached hydrogens (primary N) is 4. The monoisotopic (exact) mass is 1990 g/mol. The number of benzene rings is 4. The number of esters is 1. The zero-order valence-electron chi connectivity index (χ0n) is 78.3. The maximum absolute atomic E-state index is 13.2. The van der Waals surface area contributed by atoms with Crippen LogP contribution in [0.5, 0.6) is 0 Å². The first-order valence-electron chi connectivity index (χ1n) is 45.2. The van der Waals surface area contributed by atoms with Crippen molar-refractivity contribution in [1.82, 2.24) is 140 Å². The van der Waals surface area contributed by atoms with Crippen LogP contribution in [-0.4, -0.2) is 207 Å². The van der Waals surface area contributed by atoms with E-state index in [0.717, 1.165) is 59.5 Å². The Balaban J connectivity index is 0.000000131. The summed E-state index contributed by atoms with van der Waals surface area (Å²) in [4.78, 5) is 138. The third-order valence-electron chi connectivity index (χ3n) is 23.4. The first-order chi connectivity index (χ1) is 69.0. The Morgan fingerprint density at radius 2 is 0.790 bits per heavy atom. The molecule has 0 spiro atoms. The van der Waals surface area contributed by atoms with Crippen molar-refractivity contribution in [3.8, 4) is 90.6 Å². The summed E-state index contributed by atoms with van der Waals surface area (Å²) in [5.41, 5.74) is 37.8. The van der Waals surface area contributed by atoms with Crippen LogP contribution in [0, 0.1) is 5.92 Å². The molecule has 5 amide bonds. The number of fused-ring (bicyclic) bond motifs is 4. The first-order valence-corrected chi connectivity index (χ1v) is 46.7. The normalized spacial score (nSPS) is 12.6. The third-order valence-corrected chi connectivity index (χ3v) is 24.6. The number of nitrogens with zero attached hydrogens (tertiary/aromatic N) is 24. The van der Waals surface area contributed by atoms with E-state index in [9.17, 15) is 28.8 Å². The second kappa shape index (κ2) is 43.3. The molecule has 2 aliphatic rings. The van der Waals surface area contributed by atoms with Gasteiger partial charge in [0.2, 0.25) is 5.91 Å². The Bertz CT molecular complexity index is 7910. The van der Waals surface area contributed by atoms with E-state index in [4.69, 9.17) is 79.1 Å². The Morgan fingerprint density at radius 3 is 1.12 bits per heavy atom. The number of anilines is 4. The number of hydrogen-bond acceptors (Lipinski definition) is 29. The lowest BCUT2D eigenvalue weighted by molar-refractivity contribution is -0.127. The average Bonchev–Trinajstić information content (AvgIpc) is 1.66. The van der Waals surface area contributed by atoms with Crippen LogP contribution < -0.4 is 44.2 Å². The summed E-state index contributed by atoms with van der Waals surface area (Å²) in [6.07, 6.45) is 22.6. The number of nitrogens with one attached hydrogen (secondary N) is 4. The smallest absolute Gasteiger partial charge is 0.339 e. The maximum atomic E-state index is 13.2. The fourth-order valence-corrected chi connectivity index (χ4v) is 17.4. The molecule has 12 N–H and O–H groups in total. The van der Waals surface area contributed by atoms with E-state index in [0.29, 0.717) is 183 Å². The van der Waals surface area contributed by atoms with Crippen LogP contribution in [0.3, 0.4) is 0 Å². The second-order valence-corrected chi connectivity index (χ2v) is 35.4. The van der Waals surface area contributed by atoms with Crippen molar-refractivity contribution in [2.24, 2.45) is 41.2 Å². The van der Waals surface area contributed by atoms with E-state index in [1.807, 2.05) is 135 Å². The molecule has 143 heavy (non-hydrogen) atoms. The summed E-state index contributed by atoms with van der Waals surface area (Å²) >= 11 is 26.2. The van der Waals surface area contributed by atoms with Gasteiger partial charge in [-0.3, -0.25) is 67.6 Å². The van der Waals surface area contributed by atoms with Gasteiger partial charge in [0.15, 0.2) is 46.0 Å². The van der Waals surface area contributed by atoms with Gasteiger partial charge in [-0.15, -0.1) is 0 Å². The van der Waals surface area contributed by atoms with Gasteiger partial charge >= 0.3 is 5.97 Å². The number of amides is 5. The number of carbonyl (C=O) groups excluding carboxylic acids is 6. The Kier molecular flexibility index (Phi) is 29.7. The molecule has 4 aromatic carbocycles. The number of nitrogen functional groups attached to an aromatic ring is 4. The highest BCUT2D eigenvalue weighted by Crippen LogP contribution is 2.41. The van der Waals surface area contributed by atoms with Crippen LogP contribution >= 0.6 is 46.4 Å². The van der Waals surface area contributed by atoms with Crippen LogP contribution in [-0.2, 0) is 57.9 Å². The average molecular weight is 2000 g/mol. The largest absolute Gasteiger partial charge is 0.462 e. The van der Waals surface area contributed by atoms with Gasteiger partial charge in [0, 0.05) is 186 Å². The van der Waals surface area contributed by atoms with Crippen molar-refractivity contribution in [3.63, 3.8) is 0 Å². The van der Waals surface area contributed by atoms with Crippen LogP contribution in [0.4, 0.5) is 23.3 Å². The molecule has 0 bridgehead atoms. The molecule has 724 valence electrons. The lowest BCUT2D eigenvalue weighted by atomic mass is 9.97. The maximum Gasteiger partial charge on any atom is 0.339 e. The molecule has 0 atom stereocenters. The molecule has 0 saturated carbocycles. The van der Waals surface area contributed by atoms with Crippen LogP contribution in [0.25, 0.3) is 134 Å². The minimum absolute atomic E-state index is 0.00478. The summed E-state index contributed by atoms with van der Waals surface area (Å²) in [6.45, 7) is 6.48. The Morgan fingerprint density at radius 1 is 0.420 bits per heavy atom. The van der Waals surface area contributed by atoms with Crippen molar-refractivity contribution < 1.29 is 33.5 Å². The highest BCUT2D eigenvalue weighted by Gasteiger charge is 2.30. The number of aryl methyl sites for hydroxylation is 5. The lowest BCUT2D eigenvalue weighted by Gasteiger charge is -2.28. The second-order valence-electron chi connectivity index (χ2n) is 33.8. The van der Waals surface area contributed by atoms with Crippen molar-refractivity contribution in [2.45, 2.75) is 45.7 Å². The number of carbonyl (C=O) groups is 6. The van der Waals surface area contributed by atoms with Gasteiger partial charge in [-0.2, -0.15) is 20.4 Å². The number of ether oxygens (including phenoxy) is 1. The number of pyridine rings is 5. The van der Waals surface area contributed by atoms with Gasteiger partial charge in [-0.1, -0.05) is 70.7 Å². The summed E-state index contributed by atoms with van der Waals surface area (Å²) in [5, 5.41) is 34.4. The van der Waals surface area contributed by atoms with Crippen molar-refractivity contribution in [1.29, 1.82) is 0 Å². The van der Waals surface area contributed by atoms with E-state index >= 15 is 0 Å². The predicted molar refractivity (Wildman–Crippen MR) is 546 cm³/mol. The molecular weight excluding hydrogens is 1900 g/mol. The summed E-state index contributed by atoms with van der Waals surface area (Å²) in [6, 6.07) is 41.9. The minimum Gasteiger partial charge on any atom is -0.462 e. The fourth-order valence-electron chi connectivity index (χ4n) is 16.3. The number of likely N-dealkylation sites (tertiary alicyclic amines) is 2. The number of hydrogen-bond donors (Lipinski definition) is 8. The number of piperidine rings is 1. The Hall–Kier alpha value is -16.8. The van der Waals surface area contributed by atoms with E-state index in [1.54, 1.807) is 137 Å². The molecule has 0 radical (unpaired) electrons. The molecule has 39 nitrogen and oxygen atoms in total. The molecule has 18 aromatic rings. The van der Waals surface area contributed by atoms with Gasteiger partial charge in [-0.05, 0) is 173 Å². The standard InChI is InChI=1S/C27H23ClN8O3.C25H27ClN8O.C24H23ClN8O2.C24H21ClN8O/c1-3-39-27(38)16-6-7-18(31-13-16)14-32-26(37)24-25(29)34-23(20-8-10-36(2)35-20)22(33-24)17-11-15-5-4-9-30-21(15)19(28)12-17;1-33-9-5-15(6-10-33)14-29-25(35)23-24(27)31-22(19-7-11-34(2)32-19)21(30-23)17-12-16-4-3-8-28-20(16)18(26)13-17;1-32-10-6-17(31-32)21-20(15-12-14-4-2-7-27-19(14)16(25)13-15)29-22(23(26)30-21)24(35)28-8-11-33-9-3-5-18(33)34;1-32-8-5-14(13-32)12-28-24(34)22-23(26)30-21(18-6-9-33(2)31-18)20(29-22)16-10-15-4-3-7-27-19(15)17(25)11-16/h4-13H,3,14H2,1-2H3,(H2,29,34)(H,32,37);3-4,7-8,11-13,15H,5-6,9-10,14H2,1-2H3,(H2,27,31)(H,29,35);2,4,6-7,10,12-13H,3,5,8-9,11H2,1H3,(H2,26,30)(H,28,35);3-11,13H,12H2,1-2H3,(H2,26,30)(H,28,34). The highest BCUT2D eigenvalue weighted by atomic mass is 35.5. The van der Waals surface area contributed by atoms with Gasteiger partial charge in [0.25, 0.3) is 23.6 Å². The summed E-state index contributed by atoms with van der Waals surface area (Å²) in [5.74, 6) is -1.70. The fraction of sp³-hybridized carbons (Fsp3) is 0.210. The molecule has 2 fully saturated rings. The summed E-state index contributed by atoms with van der Waals surface area (Å²) < 4.78 is 13.5. The van der Waals surface area contributed by atoms with Crippen LogP contribution in [0.15, 0.2) is 208 Å². The zero-order chi connectivity index (χ0) is 100.